The second-order valence-electron chi connectivity index (χ2n) is 3.82. The van der Waals surface area contributed by atoms with E-state index in [1.165, 1.54) is 5.56 Å². The molecule has 5 heteroatoms. The lowest BCUT2D eigenvalue weighted by Gasteiger charge is -2.29. The van der Waals surface area contributed by atoms with E-state index < -0.39 is 0 Å². The van der Waals surface area contributed by atoms with Crippen LogP contribution in [0.1, 0.15) is 5.56 Å². The molecule has 1 aromatic rings. The van der Waals surface area contributed by atoms with Crippen LogP contribution in [0.5, 0.6) is 0 Å². The third kappa shape index (κ3) is 2.68. The van der Waals surface area contributed by atoms with Gasteiger partial charge in [-0.15, -0.1) is 0 Å². The highest BCUT2D eigenvalue weighted by Crippen LogP contribution is 2.17. The molecule has 1 aliphatic heterocycles. The topological polar surface area (TPSA) is 50.3 Å². The molecule has 0 saturated carbocycles. The quantitative estimate of drug-likeness (QED) is 0.781. The van der Waals surface area contributed by atoms with E-state index in [1.807, 2.05) is 13.2 Å². The molecule has 0 aromatic carbocycles. The summed E-state index contributed by atoms with van der Waals surface area (Å²) < 4.78 is 5.34. The molecule has 0 amide bonds. The number of anilines is 1. The molecule has 0 spiro atoms. The van der Waals surface area contributed by atoms with Crippen LogP contribution in [0, 0.1) is 0 Å². The lowest BCUT2D eigenvalue weighted by Crippen LogP contribution is -2.37. The van der Waals surface area contributed by atoms with E-state index >= 15 is 0 Å². The van der Waals surface area contributed by atoms with Crippen molar-refractivity contribution in [2.75, 3.05) is 44.8 Å². The van der Waals surface area contributed by atoms with Crippen molar-refractivity contribution in [1.29, 1.82) is 0 Å². The average Bonchev–Trinajstić information content (AvgIpc) is 2.38. The van der Waals surface area contributed by atoms with Gasteiger partial charge in [-0.25, -0.2) is 9.97 Å². The predicted molar refractivity (Wildman–Crippen MR) is 62.7 cm³/mol. The van der Waals surface area contributed by atoms with Crippen molar-refractivity contribution in [3.8, 4) is 0 Å². The van der Waals surface area contributed by atoms with Crippen LogP contribution >= 0.6 is 0 Å². The first-order valence-electron chi connectivity index (χ1n) is 5.68. The maximum absolute atomic E-state index is 5.34. The first-order chi connectivity index (χ1) is 7.92. The predicted octanol–water partition coefficient (Wildman–Crippen LogP) is 0.0751. The Labute approximate surface area is 95.8 Å². The third-order valence-corrected chi connectivity index (χ3v) is 2.72. The number of hydrogen-bond acceptors (Lipinski definition) is 5. The van der Waals surface area contributed by atoms with E-state index in [4.69, 9.17) is 4.74 Å². The largest absolute Gasteiger partial charge is 0.378 e. The molecule has 1 fully saturated rings. The van der Waals surface area contributed by atoms with Gasteiger partial charge in [0, 0.05) is 24.8 Å². The van der Waals surface area contributed by atoms with Crippen molar-refractivity contribution in [3.05, 3.63) is 18.1 Å². The Morgan fingerprint density at radius 3 is 3.00 bits per heavy atom. The van der Waals surface area contributed by atoms with E-state index in [9.17, 15) is 0 Å². The van der Waals surface area contributed by atoms with Gasteiger partial charge in [-0.1, -0.05) is 0 Å². The molecule has 2 heterocycles. The van der Waals surface area contributed by atoms with E-state index in [0.717, 1.165) is 45.1 Å². The fourth-order valence-electron chi connectivity index (χ4n) is 1.85. The van der Waals surface area contributed by atoms with Crippen molar-refractivity contribution in [2.24, 2.45) is 0 Å². The van der Waals surface area contributed by atoms with Gasteiger partial charge in [-0.3, -0.25) is 0 Å². The van der Waals surface area contributed by atoms with Crippen LogP contribution in [0.25, 0.3) is 0 Å². The van der Waals surface area contributed by atoms with Gasteiger partial charge in [-0.05, 0) is 20.0 Å². The molecule has 0 aliphatic carbocycles. The van der Waals surface area contributed by atoms with Gasteiger partial charge in [0.05, 0.1) is 13.2 Å². The number of morpholine rings is 1. The summed E-state index contributed by atoms with van der Waals surface area (Å²) in [5.74, 6) is 1.06. The molecular weight excluding hydrogens is 204 g/mol. The minimum absolute atomic E-state index is 0.787. The monoisotopic (exact) mass is 222 g/mol. The molecule has 0 bridgehead atoms. The number of nitrogens with one attached hydrogen (secondary N) is 1. The summed E-state index contributed by atoms with van der Waals surface area (Å²) >= 11 is 0. The van der Waals surface area contributed by atoms with Crippen LogP contribution in [-0.2, 0) is 11.2 Å². The average molecular weight is 222 g/mol. The summed E-state index contributed by atoms with van der Waals surface area (Å²) in [6.07, 6.45) is 4.49. The highest BCUT2D eigenvalue weighted by atomic mass is 16.5. The molecule has 2 rings (SSSR count). The second-order valence-corrected chi connectivity index (χ2v) is 3.82. The molecule has 1 saturated heterocycles. The zero-order valence-electron chi connectivity index (χ0n) is 9.65. The zero-order valence-corrected chi connectivity index (χ0v) is 9.65. The SMILES string of the molecule is CNCCc1cncnc1N1CCOCC1. The minimum atomic E-state index is 0.787. The standard InChI is InChI=1S/C11H18N4O/c1-12-3-2-10-8-13-9-14-11(10)15-4-6-16-7-5-15/h8-9,12H,2-7H2,1H3. The molecule has 16 heavy (non-hydrogen) atoms. The summed E-state index contributed by atoms with van der Waals surface area (Å²) in [4.78, 5) is 10.8. The summed E-state index contributed by atoms with van der Waals surface area (Å²) in [6, 6.07) is 0. The van der Waals surface area contributed by atoms with E-state index in [0.29, 0.717) is 0 Å². The summed E-state index contributed by atoms with van der Waals surface area (Å²) in [5.41, 5.74) is 1.21. The fraction of sp³-hybridized carbons (Fsp3) is 0.636. The van der Waals surface area contributed by atoms with Gasteiger partial charge in [0.1, 0.15) is 12.1 Å². The van der Waals surface area contributed by atoms with Crippen LogP contribution in [0.15, 0.2) is 12.5 Å². The lowest BCUT2D eigenvalue weighted by atomic mass is 10.2. The Balaban J connectivity index is 2.11. The zero-order chi connectivity index (χ0) is 11.2. The molecule has 5 nitrogen and oxygen atoms in total. The highest BCUT2D eigenvalue weighted by molar-refractivity contribution is 5.45. The molecular formula is C11H18N4O. The summed E-state index contributed by atoms with van der Waals surface area (Å²) in [5, 5.41) is 3.15. The maximum Gasteiger partial charge on any atom is 0.135 e. The Bertz CT molecular complexity index is 326. The Kier molecular flexibility index (Phi) is 4.07. The molecule has 1 aliphatic rings. The van der Waals surface area contributed by atoms with Crippen molar-refractivity contribution in [2.45, 2.75) is 6.42 Å². The summed E-state index contributed by atoms with van der Waals surface area (Å²) in [6.45, 7) is 4.36. The molecule has 1 N–H and O–H groups in total. The smallest absolute Gasteiger partial charge is 0.135 e. The van der Waals surface area contributed by atoms with Crippen molar-refractivity contribution in [1.82, 2.24) is 15.3 Å². The van der Waals surface area contributed by atoms with Crippen LogP contribution in [0.2, 0.25) is 0 Å². The minimum Gasteiger partial charge on any atom is -0.378 e. The fourth-order valence-corrected chi connectivity index (χ4v) is 1.85. The van der Waals surface area contributed by atoms with Gasteiger partial charge < -0.3 is 15.0 Å². The molecule has 88 valence electrons. The molecule has 0 radical (unpaired) electrons. The van der Waals surface area contributed by atoms with Crippen molar-refractivity contribution in [3.63, 3.8) is 0 Å². The van der Waals surface area contributed by atoms with E-state index in [-0.39, 0.29) is 0 Å². The van der Waals surface area contributed by atoms with E-state index in [2.05, 4.69) is 20.2 Å². The first kappa shape index (κ1) is 11.3. The number of hydrogen-bond donors (Lipinski definition) is 1. The van der Waals surface area contributed by atoms with Gasteiger partial charge in [0.2, 0.25) is 0 Å². The lowest BCUT2D eigenvalue weighted by molar-refractivity contribution is 0.122. The van der Waals surface area contributed by atoms with Gasteiger partial charge in [0.25, 0.3) is 0 Å². The Morgan fingerprint density at radius 2 is 2.25 bits per heavy atom. The van der Waals surface area contributed by atoms with Gasteiger partial charge >= 0.3 is 0 Å². The van der Waals surface area contributed by atoms with Crippen molar-refractivity contribution < 1.29 is 4.74 Å². The first-order valence-corrected chi connectivity index (χ1v) is 5.68. The van der Waals surface area contributed by atoms with Crippen LogP contribution < -0.4 is 10.2 Å². The van der Waals surface area contributed by atoms with Crippen LogP contribution in [0.4, 0.5) is 5.82 Å². The number of ether oxygens (including phenoxy) is 1. The molecule has 0 unspecified atom stereocenters. The molecule has 0 atom stereocenters. The van der Waals surface area contributed by atoms with E-state index in [1.54, 1.807) is 6.33 Å². The number of aromatic nitrogens is 2. The number of nitrogens with zero attached hydrogens (tertiary/aromatic N) is 3. The van der Waals surface area contributed by atoms with Crippen LogP contribution in [-0.4, -0.2) is 49.9 Å². The second kappa shape index (κ2) is 5.77. The maximum atomic E-state index is 5.34. The normalized spacial score (nSPS) is 16.4. The number of rotatable bonds is 4. The van der Waals surface area contributed by atoms with Crippen molar-refractivity contribution >= 4 is 5.82 Å². The summed E-state index contributed by atoms with van der Waals surface area (Å²) in [7, 11) is 1.96. The Hall–Kier alpha value is -1.20. The molecule has 1 aromatic heterocycles. The van der Waals surface area contributed by atoms with Crippen LogP contribution in [0.3, 0.4) is 0 Å². The Morgan fingerprint density at radius 1 is 1.44 bits per heavy atom. The van der Waals surface area contributed by atoms with Gasteiger partial charge in [-0.2, -0.15) is 0 Å². The van der Waals surface area contributed by atoms with Gasteiger partial charge in [0.15, 0.2) is 0 Å². The third-order valence-electron chi connectivity index (χ3n) is 2.72. The highest BCUT2D eigenvalue weighted by Gasteiger charge is 2.15. The number of likely N-dealkylation sites (N-methyl/N-ethyl adjacent to an activating group) is 1.